The third-order valence-corrected chi connectivity index (χ3v) is 6.86. The summed E-state index contributed by atoms with van der Waals surface area (Å²) < 4.78 is 25.1. The summed E-state index contributed by atoms with van der Waals surface area (Å²) in [6, 6.07) is 7.97. The normalized spacial score (nSPS) is 11.6. The Labute approximate surface area is 142 Å². The highest BCUT2D eigenvalue weighted by atomic mass is 79.9. The zero-order valence-electron chi connectivity index (χ0n) is 12.2. The molecule has 0 bridgehead atoms. The molecule has 4 nitrogen and oxygen atoms in total. The van der Waals surface area contributed by atoms with Crippen LogP contribution < -0.4 is 5.32 Å². The van der Waals surface area contributed by atoms with Crippen molar-refractivity contribution in [1.29, 1.82) is 0 Å². The number of sulfone groups is 1. The Kier molecular flexibility index (Phi) is 5.41. The number of rotatable bonds is 5. The summed E-state index contributed by atoms with van der Waals surface area (Å²) in [6.45, 7) is 3.71. The van der Waals surface area contributed by atoms with Crippen LogP contribution in [0.5, 0.6) is 0 Å². The summed E-state index contributed by atoms with van der Waals surface area (Å²) in [4.78, 5) is 12.3. The van der Waals surface area contributed by atoms with E-state index in [1.807, 2.05) is 11.4 Å². The van der Waals surface area contributed by atoms with Gasteiger partial charge >= 0.3 is 0 Å². The molecule has 1 amide bonds. The van der Waals surface area contributed by atoms with Crippen LogP contribution in [-0.4, -0.2) is 19.6 Å². The number of halogens is 1. The average Bonchev–Trinajstić information content (AvgIpc) is 2.90. The number of hydrogen-bond acceptors (Lipinski definition) is 4. The minimum atomic E-state index is -3.31. The lowest BCUT2D eigenvalue weighted by Crippen LogP contribution is -2.22. The summed E-state index contributed by atoms with van der Waals surface area (Å²) in [6.07, 6.45) is 0. The maximum Gasteiger partial charge on any atom is 0.251 e. The smallest absolute Gasteiger partial charge is 0.251 e. The van der Waals surface area contributed by atoms with E-state index in [1.54, 1.807) is 25.2 Å². The van der Waals surface area contributed by atoms with Crippen LogP contribution in [-0.2, 0) is 16.4 Å². The van der Waals surface area contributed by atoms with Gasteiger partial charge in [-0.25, -0.2) is 8.42 Å². The van der Waals surface area contributed by atoms with Gasteiger partial charge in [0.1, 0.15) is 0 Å². The van der Waals surface area contributed by atoms with Crippen LogP contribution in [0.15, 0.2) is 44.4 Å². The number of hydrogen-bond donors (Lipinski definition) is 1. The lowest BCUT2D eigenvalue weighted by Gasteiger charge is -2.09. The van der Waals surface area contributed by atoms with Gasteiger partial charge in [-0.2, -0.15) is 0 Å². The third kappa shape index (κ3) is 3.97. The molecule has 118 valence electrons. The largest absolute Gasteiger partial charge is 0.348 e. The van der Waals surface area contributed by atoms with Gasteiger partial charge in [0.15, 0.2) is 9.84 Å². The van der Waals surface area contributed by atoms with Crippen LogP contribution in [0, 0.1) is 0 Å². The Morgan fingerprint density at radius 3 is 2.41 bits per heavy atom. The molecule has 0 fully saturated rings. The van der Waals surface area contributed by atoms with Gasteiger partial charge in [0.25, 0.3) is 5.91 Å². The van der Waals surface area contributed by atoms with Gasteiger partial charge in [-0.1, -0.05) is 0 Å². The fourth-order valence-corrected chi connectivity index (χ4v) is 4.06. The second-order valence-corrected chi connectivity index (χ2v) is 9.85. The third-order valence-electron chi connectivity index (χ3n) is 3.14. The first-order valence-electron chi connectivity index (χ1n) is 6.66. The first-order valence-corrected chi connectivity index (χ1v) is 9.87. The SMILES string of the molecule is CC(C)S(=O)(=O)c1ccc(C(=O)NCc2csc(Br)c2)cc1. The molecule has 0 spiro atoms. The Balaban J connectivity index is 2.05. The van der Waals surface area contributed by atoms with E-state index in [4.69, 9.17) is 0 Å². The number of benzene rings is 1. The maximum atomic E-state index is 12.1. The van der Waals surface area contributed by atoms with Crippen molar-refractivity contribution >= 4 is 43.0 Å². The monoisotopic (exact) mass is 401 g/mol. The van der Waals surface area contributed by atoms with Crippen LogP contribution in [0.4, 0.5) is 0 Å². The van der Waals surface area contributed by atoms with E-state index in [0.29, 0.717) is 12.1 Å². The Hall–Kier alpha value is -1.18. The second-order valence-electron chi connectivity index (χ2n) is 5.06. The van der Waals surface area contributed by atoms with Gasteiger partial charge in [0.05, 0.1) is 13.9 Å². The molecule has 1 aromatic carbocycles. The molecule has 2 aromatic rings. The number of carbonyl (C=O) groups excluding carboxylic acids is 1. The van der Waals surface area contributed by atoms with E-state index in [1.165, 1.54) is 24.3 Å². The van der Waals surface area contributed by atoms with Gasteiger partial charge in [0.2, 0.25) is 0 Å². The van der Waals surface area contributed by atoms with Gasteiger partial charge < -0.3 is 5.32 Å². The minimum absolute atomic E-state index is 0.226. The fraction of sp³-hybridized carbons (Fsp3) is 0.267. The topological polar surface area (TPSA) is 63.2 Å². The number of carbonyl (C=O) groups is 1. The molecule has 0 unspecified atom stereocenters. The number of thiophene rings is 1. The van der Waals surface area contributed by atoms with Crippen LogP contribution >= 0.6 is 27.3 Å². The average molecular weight is 402 g/mol. The molecule has 7 heteroatoms. The standard InChI is InChI=1S/C15H16BrNO3S2/c1-10(2)22(19,20)13-5-3-12(4-6-13)15(18)17-8-11-7-14(16)21-9-11/h3-7,9-10H,8H2,1-2H3,(H,17,18). The lowest BCUT2D eigenvalue weighted by atomic mass is 10.2. The predicted octanol–water partition coefficient (Wildman–Crippen LogP) is 3.62. The van der Waals surface area contributed by atoms with Crippen molar-refractivity contribution in [3.05, 3.63) is 50.6 Å². The van der Waals surface area contributed by atoms with E-state index >= 15 is 0 Å². The van der Waals surface area contributed by atoms with E-state index in [2.05, 4.69) is 21.2 Å². The van der Waals surface area contributed by atoms with Crippen molar-refractivity contribution in [2.75, 3.05) is 0 Å². The maximum absolute atomic E-state index is 12.1. The zero-order chi connectivity index (χ0) is 16.3. The fourth-order valence-electron chi connectivity index (χ4n) is 1.79. The number of amides is 1. The van der Waals surface area contributed by atoms with Crippen molar-refractivity contribution < 1.29 is 13.2 Å². The second kappa shape index (κ2) is 6.93. The first-order chi connectivity index (χ1) is 10.3. The summed E-state index contributed by atoms with van der Waals surface area (Å²) in [7, 11) is -3.31. The lowest BCUT2D eigenvalue weighted by molar-refractivity contribution is 0.0951. The Morgan fingerprint density at radius 1 is 1.27 bits per heavy atom. The molecule has 2 rings (SSSR count). The van der Waals surface area contributed by atoms with Gasteiger partial charge in [-0.15, -0.1) is 11.3 Å². The van der Waals surface area contributed by atoms with Crippen molar-refractivity contribution in [3.63, 3.8) is 0 Å². The zero-order valence-corrected chi connectivity index (χ0v) is 15.4. The first kappa shape index (κ1) is 17.2. The van der Waals surface area contributed by atoms with Gasteiger partial charge in [-0.05, 0) is 71.1 Å². The molecule has 0 saturated heterocycles. The quantitative estimate of drug-likeness (QED) is 0.831. The van der Waals surface area contributed by atoms with E-state index in [-0.39, 0.29) is 10.8 Å². The van der Waals surface area contributed by atoms with Crippen molar-refractivity contribution in [3.8, 4) is 0 Å². The summed E-state index contributed by atoms with van der Waals surface area (Å²) in [5, 5.41) is 4.29. The number of nitrogens with one attached hydrogen (secondary N) is 1. The summed E-state index contributed by atoms with van der Waals surface area (Å²) >= 11 is 4.93. The highest BCUT2D eigenvalue weighted by Gasteiger charge is 2.19. The molecule has 22 heavy (non-hydrogen) atoms. The van der Waals surface area contributed by atoms with E-state index in [9.17, 15) is 13.2 Å². The Morgan fingerprint density at radius 2 is 1.91 bits per heavy atom. The van der Waals surface area contributed by atoms with Gasteiger partial charge in [0, 0.05) is 12.1 Å². The van der Waals surface area contributed by atoms with Crippen LogP contribution in [0.2, 0.25) is 0 Å². The Bertz CT molecular complexity index is 764. The molecule has 1 heterocycles. The molecule has 0 radical (unpaired) electrons. The van der Waals surface area contributed by atoms with Gasteiger partial charge in [-0.3, -0.25) is 4.79 Å². The highest BCUT2D eigenvalue weighted by Crippen LogP contribution is 2.20. The molecule has 1 N–H and O–H groups in total. The highest BCUT2D eigenvalue weighted by molar-refractivity contribution is 9.11. The van der Waals surface area contributed by atoms with Crippen molar-refractivity contribution in [2.24, 2.45) is 0 Å². The molecule has 0 saturated carbocycles. The molecule has 0 aliphatic rings. The van der Waals surface area contributed by atoms with E-state index < -0.39 is 15.1 Å². The molecule has 1 aromatic heterocycles. The summed E-state index contributed by atoms with van der Waals surface area (Å²) in [5.74, 6) is -0.226. The molecule has 0 aliphatic heterocycles. The van der Waals surface area contributed by atoms with Crippen LogP contribution in [0.25, 0.3) is 0 Å². The van der Waals surface area contributed by atoms with Crippen LogP contribution in [0.1, 0.15) is 29.8 Å². The molecule has 0 aliphatic carbocycles. The van der Waals surface area contributed by atoms with Crippen LogP contribution in [0.3, 0.4) is 0 Å². The van der Waals surface area contributed by atoms with E-state index in [0.717, 1.165) is 9.35 Å². The minimum Gasteiger partial charge on any atom is -0.348 e. The predicted molar refractivity (Wildman–Crippen MR) is 92.0 cm³/mol. The molecular formula is C15H16BrNO3S2. The summed E-state index contributed by atoms with van der Waals surface area (Å²) in [5.41, 5.74) is 1.46. The molecular weight excluding hydrogens is 386 g/mol. The van der Waals surface area contributed by atoms with Crippen molar-refractivity contribution in [1.82, 2.24) is 5.32 Å². The van der Waals surface area contributed by atoms with Crippen molar-refractivity contribution in [2.45, 2.75) is 30.5 Å². The molecule has 0 atom stereocenters.